The maximum Gasteiger partial charge on any atom is 0.238 e. The Morgan fingerprint density at radius 1 is 1.43 bits per heavy atom. The highest BCUT2D eigenvalue weighted by Gasteiger charge is 2.30. The number of nitrogens with zero attached hydrogens (tertiary/aromatic N) is 1. The summed E-state index contributed by atoms with van der Waals surface area (Å²) >= 11 is 0. The van der Waals surface area contributed by atoms with Crippen LogP contribution in [0.4, 0.5) is 0 Å². The predicted molar refractivity (Wildman–Crippen MR) is 78.1 cm³/mol. The van der Waals surface area contributed by atoms with Crippen molar-refractivity contribution in [3.05, 3.63) is 0 Å². The molecule has 2 amide bonds. The molecule has 0 radical (unpaired) electrons. The minimum atomic E-state index is -0.594. The SMILES string of the molecule is CN[C@@H](CC1CCC1)C(=O)NC(C#N)CC1CCNC1=O. The summed E-state index contributed by atoms with van der Waals surface area (Å²) in [6.07, 6.45) is 5.59. The lowest BCUT2D eigenvalue weighted by Gasteiger charge is -2.29. The molecule has 1 saturated carbocycles. The van der Waals surface area contributed by atoms with Crippen LogP contribution in [0, 0.1) is 23.2 Å². The number of hydrogen-bond acceptors (Lipinski definition) is 4. The first-order valence-electron chi connectivity index (χ1n) is 7.79. The molecule has 1 aliphatic carbocycles. The fraction of sp³-hybridized carbons (Fsp3) is 0.800. The number of likely N-dealkylation sites (N-methyl/N-ethyl adjacent to an activating group) is 1. The van der Waals surface area contributed by atoms with E-state index < -0.39 is 6.04 Å². The summed E-state index contributed by atoms with van der Waals surface area (Å²) < 4.78 is 0. The molecule has 0 aromatic rings. The van der Waals surface area contributed by atoms with E-state index in [0.29, 0.717) is 18.9 Å². The Kier molecular flexibility index (Phi) is 5.57. The number of nitriles is 1. The van der Waals surface area contributed by atoms with E-state index in [1.165, 1.54) is 19.3 Å². The molecule has 1 heterocycles. The van der Waals surface area contributed by atoms with Crippen LogP contribution in [0.5, 0.6) is 0 Å². The Labute approximate surface area is 125 Å². The summed E-state index contributed by atoms with van der Waals surface area (Å²) in [7, 11) is 1.77. The quantitative estimate of drug-likeness (QED) is 0.629. The highest BCUT2D eigenvalue weighted by Crippen LogP contribution is 2.30. The van der Waals surface area contributed by atoms with Crippen molar-refractivity contribution in [2.24, 2.45) is 11.8 Å². The normalized spacial score (nSPS) is 24.6. The summed E-state index contributed by atoms with van der Waals surface area (Å²) in [6.45, 7) is 0.663. The van der Waals surface area contributed by atoms with E-state index in [0.717, 1.165) is 12.8 Å². The number of rotatable bonds is 7. The van der Waals surface area contributed by atoms with Crippen molar-refractivity contribution >= 4 is 11.8 Å². The molecule has 1 aliphatic heterocycles. The van der Waals surface area contributed by atoms with E-state index in [-0.39, 0.29) is 23.8 Å². The maximum absolute atomic E-state index is 12.2. The fourth-order valence-electron chi connectivity index (χ4n) is 2.99. The third-order valence-electron chi connectivity index (χ3n) is 4.61. The molecule has 0 aromatic carbocycles. The molecule has 116 valence electrons. The van der Waals surface area contributed by atoms with Gasteiger partial charge in [0.25, 0.3) is 0 Å². The van der Waals surface area contributed by atoms with Crippen molar-refractivity contribution in [2.75, 3.05) is 13.6 Å². The molecule has 3 atom stereocenters. The molecular weight excluding hydrogens is 268 g/mol. The minimum Gasteiger partial charge on any atom is -0.356 e. The van der Waals surface area contributed by atoms with Crippen LogP contribution >= 0.6 is 0 Å². The highest BCUT2D eigenvalue weighted by atomic mass is 16.2. The zero-order valence-electron chi connectivity index (χ0n) is 12.5. The largest absolute Gasteiger partial charge is 0.356 e. The van der Waals surface area contributed by atoms with Crippen LogP contribution in [-0.4, -0.2) is 37.5 Å². The Bertz CT molecular complexity index is 428. The fourth-order valence-corrected chi connectivity index (χ4v) is 2.99. The molecule has 2 unspecified atom stereocenters. The van der Waals surface area contributed by atoms with Crippen molar-refractivity contribution in [2.45, 2.75) is 50.6 Å². The highest BCUT2D eigenvalue weighted by molar-refractivity contribution is 5.83. The zero-order valence-corrected chi connectivity index (χ0v) is 12.5. The summed E-state index contributed by atoms with van der Waals surface area (Å²) in [6, 6.07) is 1.26. The molecule has 21 heavy (non-hydrogen) atoms. The Morgan fingerprint density at radius 3 is 2.67 bits per heavy atom. The standard InChI is InChI=1S/C15H24N4O2/c1-17-13(7-10-3-2-4-10)15(21)19-12(9-16)8-11-5-6-18-14(11)20/h10-13,17H,2-8H2,1H3,(H,18,20)(H,19,21)/t11?,12?,13-/m0/s1. The van der Waals surface area contributed by atoms with Crippen LogP contribution < -0.4 is 16.0 Å². The molecule has 2 rings (SSSR count). The second-order valence-corrected chi connectivity index (χ2v) is 6.08. The second kappa shape index (κ2) is 7.41. The van der Waals surface area contributed by atoms with Gasteiger partial charge >= 0.3 is 0 Å². The summed E-state index contributed by atoms with van der Waals surface area (Å²) in [5.74, 6) is 0.322. The second-order valence-electron chi connectivity index (χ2n) is 6.08. The van der Waals surface area contributed by atoms with E-state index in [4.69, 9.17) is 0 Å². The van der Waals surface area contributed by atoms with E-state index in [9.17, 15) is 14.9 Å². The number of hydrogen-bond donors (Lipinski definition) is 3. The Hall–Kier alpha value is -1.61. The molecule has 1 saturated heterocycles. The maximum atomic E-state index is 12.2. The molecule has 6 heteroatoms. The molecule has 0 bridgehead atoms. The molecule has 6 nitrogen and oxygen atoms in total. The lowest BCUT2D eigenvalue weighted by atomic mass is 9.80. The molecular formula is C15H24N4O2. The topological polar surface area (TPSA) is 94.0 Å². The third kappa shape index (κ3) is 4.18. The first kappa shape index (κ1) is 15.8. The number of carbonyl (C=O) groups excluding carboxylic acids is 2. The van der Waals surface area contributed by atoms with E-state index in [1.54, 1.807) is 7.05 Å². The van der Waals surface area contributed by atoms with E-state index in [1.807, 2.05) is 0 Å². The van der Waals surface area contributed by atoms with Gasteiger partial charge in [-0.1, -0.05) is 19.3 Å². The van der Waals surface area contributed by atoms with Gasteiger partial charge in [-0.3, -0.25) is 9.59 Å². The van der Waals surface area contributed by atoms with Crippen LogP contribution in [0.3, 0.4) is 0 Å². The Balaban J connectivity index is 1.82. The van der Waals surface area contributed by atoms with Gasteiger partial charge in [0.2, 0.25) is 11.8 Å². The average Bonchev–Trinajstić information content (AvgIpc) is 2.82. The van der Waals surface area contributed by atoms with Gasteiger partial charge in [-0.2, -0.15) is 5.26 Å². The Morgan fingerprint density at radius 2 is 2.19 bits per heavy atom. The van der Waals surface area contributed by atoms with Gasteiger partial charge in [0.05, 0.1) is 12.1 Å². The molecule has 0 aromatic heterocycles. The smallest absolute Gasteiger partial charge is 0.238 e. The van der Waals surface area contributed by atoms with Crippen LogP contribution in [0.15, 0.2) is 0 Å². The average molecular weight is 292 g/mol. The number of carbonyl (C=O) groups is 2. The van der Waals surface area contributed by atoms with Gasteiger partial charge in [-0.05, 0) is 32.2 Å². The van der Waals surface area contributed by atoms with Gasteiger partial charge in [0.1, 0.15) is 6.04 Å². The monoisotopic (exact) mass is 292 g/mol. The predicted octanol–water partition coefficient (Wildman–Crippen LogP) is 0.299. The van der Waals surface area contributed by atoms with E-state index in [2.05, 4.69) is 22.0 Å². The van der Waals surface area contributed by atoms with Crippen molar-refractivity contribution < 1.29 is 9.59 Å². The van der Waals surface area contributed by atoms with Gasteiger partial charge in [0, 0.05) is 12.5 Å². The lowest BCUT2D eigenvalue weighted by Crippen LogP contribution is -2.48. The summed E-state index contributed by atoms with van der Waals surface area (Å²) in [5, 5.41) is 17.8. The van der Waals surface area contributed by atoms with E-state index >= 15 is 0 Å². The lowest BCUT2D eigenvalue weighted by molar-refractivity contribution is -0.125. The summed E-state index contributed by atoms with van der Waals surface area (Å²) in [4.78, 5) is 23.8. The van der Waals surface area contributed by atoms with Crippen LogP contribution in [0.2, 0.25) is 0 Å². The number of nitrogens with one attached hydrogen (secondary N) is 3. The summed E-state index contributed by atoms with van der Waals surface area (Å²) in [5.41, 5.74) is 0. The van der Waals surface area contributed by atoms with Crippen molar-refractivity contribution in [1.82, 2.24) is 16.0 Å². The third-order valence-corrected chi connectivity index (χ3v) is 4.61. The van der Waals surface area contributed by atoms with Crippen LogP contribution in [0.1, 0.15) is 38.5 Å². The van der Waals surface area contributed by atoms with Crippen molar-refractivity contribution in [3.63, 3.8) is 0 Å². The number of amides is 2. The van der Waals surface area contributed by atoms with Crippen molar-refractivity contribution in [1.29, 1.82) is 5.26 Å². The van der Waals surface area contributed by atoms with Gasteiger partial charge < -0.3 is 16.0 Å². The van der Waals surface area contributed by atoms with Crippen LogP contribution in [-0.2, 0) is 9.59 Å². The van der Waals surface area contributed by atoms with Crippen molar-refractivity contribution in [3.8, 4) is 6.07 Å². The molecule has 2 fully saturated rings. The molecule has 0 spiro atoms. The van der Waals surface area contributed by atoms with Gasteiger partial charge in [0.15, 0.2) is 0 Å². The molecule has 3 N–H and O–H groups in total. The van der Waals surface area contributed by atoms with Gasteiger partial charge in [-0.15, -0.1) is 0 Å². The minimum absolute atomic E-state index is 0.0101. The molecule has 2 aliphatic rings. The first-order valence-corrected chi connectivity index (χ1v) is 7.79. The van der Waals surface area contributed by atoms with Gasteiger partial charge in [-0.25, -0.2) is 0 Å². The van der Waals surface area contributed by atoms with Crippen LogP contribution in [0.25, 0.3) is 0 Å². The zero-order chi connectivity index (χ0) is 15.2. The first-order chi connectivity index (χ1) is 10.1.